The summed E-state index contributed by atoms with van der Waals surface area (Å²) in [6.45, 7) is 7.80. The molecule has 10 nitrogen and oxygen atoms in total. The molecule has 4 rings (SSSR count). The Morgan fingerprint density at radius 1 is 1.03 bits per heavy atom. The first kappa shape index (κ1) is 21.5. The van der Waals surface area contributed by atoms with Crippen molar-refractivity contribution in [2.24, 2.45) is 0 Å². The van der Waals surface area contributed by atoms with Crippen molar-refractivity contribution in [2.75, 3.05) is 10.0 Å². The quantitative estimate of drug-likeness (QED) is 0.441. The number of hydrogen-bond acceptors (Lipinski definition) is 7. The Labute approximate surface area is 186 Å². The lowest BCUT2D eigenvalue weighted by Gasteiger charge is -2.11. The third-order valence-corrected chi connectivity index (χ3v) is 6.52. The molecule has 2 N–H and O–H groups in total. The molecule has 3 aromatic heterocycles. The van der Waals surface area contributed by atoms with Crippen molar-refractivity contribution in [2.45, 2.75) is 39.1 Å². The van der Waals surface area contributed by atoms with Gasteiger partial charge >= 0.3 is 0 Å². The average molecular weight is 453 g/mol. The van der Waals surface area contributed by atoms with E-state index in [1.165, 1.54) is 0 Å². The summed E-state index contributed by atoms with van der Waals surface area (Å²) in [6.07, 6.45) is 5.15. The highest BCUT2D eigenvalue weighted by Crippen LogP contribution is 2.24. The fourth-order valence-electron chi connectivity index (χ4n) is 3.50. The first-order valence-corrected chi connectivity index (χ1v) is 11.5. The molecule has 0 aliphatic rings. The third kappa shape index (κ3) is 4.33. The molecular formula is C21H24N8O2S. The largest absolute Gasteiger partial charge is 0.340 e. The highest BCUT2D eigenvalue weighted by molar-refractivity contribution is 7.92. The summed E-state index contributed by atoms with van der Waals surface area (Å²) in [7, 11) is -3.76. The maximum atomic E-state index is 12.9. The van der Waals surface area contributed by atoms with E-state index in [4.69, 9.17) is 0 Å². The minimum atomic E-state index is -3.76. The highest BCUT2D eigenvalue weighted by atomic mass is 32.2. The Kier molecular flexibility index (Phi) is 5.66. The molecule has 0 fully saturated rings. The molecule has 3 heterocycles. The molecule has 0 saturated heterocycles. The summed E-state index contributed by atoms with van der Waals surface area (Å²) >= 11 is 0. The summed E-state index contributed by atoms with van der Waals surface area (Å²) in [4.78, 5) is 13.1. The van der Waals surface area contributed by atoms with Gasteiger partial charge in [-0.3, -0.25) is 14.0 Å². The normalized spacial score (nSPS) is 11.5. The first-order chi connectivity index (χ1) is 15.3. The maximum absolute atomic E-state index is 12.9. The SMILES string of the molecule is CCn1nc(C)c(S(=O)(=O)Nc2ccc(Nc3cc(-n4ccnc4)nc(C)n3)cc2)c1C. The summed E-state index contributed by atoms with van der Waals surface area (Å²) in [6, 6.07) is 8.75. The molecule has 0 saturated carbocycles. The van der Waals surface area contributed by atoms with Gasteiger partial charge in [0.2, 0.25) is 0 Å². The van der Waals surface area contributed by atoms with Gasteiger partial charge in [-0.2, -0.15) is 5.10 Å². The average Bonchev–Trinajstić information content (AvgIpc) is 3.37. The van der Waals surface area contributed by atoms with Gasteiger partial charge in [-0.1, -0.05) is 0 Å². The number of hydrogen-bond donors (Lipinski definition) is 2. The van der Waals surface area contributed by atoms with Gasteiger partial charge in [-0.05, 0) is 52.0 Å². The minimum Gasteiger partial charge on any atom is -0.340 e. The van der Waals surface area contributed by atoms with Crippen molar-refractivity contribution in [3.05, 3.63) is 66.3 Å². The van der Waals surface area contributed by atoms with Crippen molar-refractivity contribution in [1.82, 2.24) is 29.3 Å². The van der Waals surface area contributed by atoms with Crippen molar-refractivity contribution >= 4 is 27.2 Å². The molecule has 0 aliphatic heterocycles. The second-order valence-electron chi connectivity index (χ2n) is 7.25. The second kappa shape index (κ2) is 8.42. The molecule has 0 radical (unpaired) electrons. The molecule has 0 unspecified atom stereocenters. The van der Waals surface area contributed by atoms with Crippen LogP contribution in [0.25, 0.3) is 5.82 Å². The first-order valence-electron chi connectivity index (χ1n) is 10.0. The maximum Gasteiger partial charge on any atom is 0.265 e. The van der Waals surface area contributed by atoms with E-state index in [-0.39, 0.29) is 4.90 Å². The van der Waals surface area contributed by atoms with Gasteiger partial charge in [0.05, 0.1) is 11.4 Å². The number of sulfonamides is 1. The van der Waals surface area contributed by atoms with Gasteiger partial charge in [0.15, 0.2) is 0 Å². The Bertz CT molecular complexity index is 1340. The molecule has 0 bridgehead atoms. The number of nitrogens with zero attached hydrogens (tertiary/aromatic N) is 6. The molecule has 0 spiro atoms. The smallest absolute Gasteiger partial charge is 0.265 e. The van der Waals surface area contributed by atoms with E-state index in [1.807, 2.05) is 19.9 Å². The number of anilines is 3. The number of benzene rings is 1. The van der Waals surface area contributed by atoms with Crippen molar-refractivity contribution < 1.29 is 8.42 Å². The van der Waals surface area contributed by atoms with Gasteiger partial charge in [-0.15, -0.1) is 0 Å². The van der Waals surface area contributed by atoms with Crippen LogP contribution in [0.4, 0.5) is 17.2 Å². The van der Waals surface area contributed by atoms with Crippen LogP contribution in [0.15, 0.2) is 53.9 Å². The predicted octanol–water partition coefficient (Wildman–Crippen LogP) is 3.35. The van der Waals surface area contributed by atoms with Gasteiger partial charge in [0.1, 0.15) is 28.7 Å². The highest BCUT2D eigenvalue weighted by Gasteiger charge is 2.24. The molecule has 0 amide bonds. The number of rotatable bonds is 7. The van der Waals surface area contributed by atoms with E-state index in [1.54, 1.807) is 66.1 Å². The molecule has 4 aromatic rings. The topological polar surface area (TPSA) is 120 Å². The molecule has 11 heteroatoms. The van der Waals surface area contributed by atoms with E-state index in [0.717, 1.165) is 5.69 Å². The Balaban J connectivity index is 1.53. The van der Waals surface area contributed by atoms with E-state index in [2.05, 4.69) is 30.1 Å². The lowest BCUT2D eigenvalue weighted by atomic mass is 10.3. The molecule has 0 atom stereocenters. The Morgan fingerprint density at radius 2 is 1.75 bits per heavy atom. The van der Waals surface area contributed by atoms with E-state index in [9.17, 15) is 8.42 Å². The number of aromatic nitrogens is 6. The Hall–Kier alpha value is -3.73. The Morgan fingerprint density at radius 3 is 2.38 bits per heavy atom. The summed E-state index contributed by atoms with van der Waals surface area (Å²) in [5.41, 5.74) is 2.30. The van der Waals surface area contributed by atoms with Crippen LogP contribution in [0.2, 0.25) is 0 Å². The summed E-state index contributed by atoms with van der Waals surface area (Å²) < 4.78 is 32.0. The third-order valence-electron chi connectivity index (χ3n) is 4.89. The zero-order valence-corrected chi connectivity index (χ0v) is 19.1. The van der Waals surface area contributed by atoms with Gasteiger partial charge in [-0.25, -0.2) is 23.4 Å². The number of imidazole rings is 1. The number of nitrogens with one attached hydrogen (secondary N) is 2. The monoisotopic (exact) mass is 452 g/mol. The van der Waals surface area contributed by atoms with Crippen LogP contribution in [0.1, 0.15) is 24.1 Å². The predicted molar refractivity (Wildman–Crippen MR) is 122 cm³/mol. The minimum absolute atomic E-state index is 0.213. The van der Waals surface area contributed by atoms with Crippen LogP contribution in [-0.2, 0) is 16.6 Å². The summed E-state index contributed by atoms with van der Waals surface area (Å²) in [5, 5.41) is 7.52. The summed E-state index contributed by atoms with van der Waals surface area (Å²) in [5.74, 6) is 1.93. The van der Waals surface area contributed by atoms with Gasteiger partial charge in [0, 0.05) is 36.4 Å². The fraction of sp³-hybridized carbons (Fsp3) is 0.238. The zero-order chi connectivity index (χ0) is 22.9. The van der Waals surface area contributed by atoms with Crippen LogP contribution < -0.4 is 10.0 Å². The van der Waals surface area contributed by atoms with E-state index in [0.29, 0.717) is 41.1 Å². The van der Waals surface area contributed by atoms with Crippen LogP contribution >= 0.6 is 0 Å². The molecule has 166 valence electrons. The van der Waals surface area contributed by atoms with Crippen molar-refractivity contribution in [3.8, 4) is 5.82 Å². The molecular weight excluding hydrogens is 428 g/mol. The number of aryl methyl sites for hydroxylation is 3. The lowest BCUT2D eigenvalue weighted by molar-refractivity contribution is 0.598. The second-order valence-corrected chi connectivity index (χ2v) is 8.87. The van der Waals surface area contributed by atoms with Crippen LogP contribution in [-0.4, -0.2) is 37.7 Å². The van der Waals surface area contributed by atoms with Crippen LogP contribution in [0.3, 0.4) is 0 Å². The van der Waals surface area contributed by atoms with E-state index >= 15 is 0 Å². The van der Waals surface area contributed by atoms with Gasteiger partial charge < -0.3 is 5.32 Å². The van der Waals surface area contributed by atoms with Crippen LogP contribution in [0.5, 0.6) is 0 Å². The molecule has 1 aromatic carbocycles. The van der Waals surface area contributed by atoms with Crippen molar-refractivity contribution in [3.63, 3.8) is 0 Å². The lowest BCUT2D eigenvalue weighted by Crippen LogP contribution is -2.15. The van der Waals surface area contributed by atoms with E-state index < -0.39 is 10.0 Å². The standard InChI is InChI=1S/C21H24N8O2S/c1-5-29-15(3)21(14(2)26-29)32(30,31)27-18-8-6-17(7-9-18)25-19-12-20(24-16(4)23-19)28-11-10-22-13-28/h6-13,27H,5H2,1-4H3,(H,23,24,25). The van der Waals surface area contributed by atoms with Gasteiger partial charge in [0.25, 0.3) is 10.0 Å². The fourth-order valence-corrected chi connectivity index (χ4v) is 4.97. The zero-order valence-electron chi connectivity index (χ0n) is 18.2. The molecule has 0 aliphatic carbocycles. The van der Waals surface area contributed by atoms with Crippen molar-refractivity contribution in [1.29, 1.82) is 0 Å². The molecule has 32 heavy (non-hydrogen) atoms. The van der Waals surface area contributed by atoms with Crippen LogP contribution in [0, 0.1) is 20.8 Å².